The monoisotopic (exact) mass is 291 g/mol. The molecule has 0 bridgehead atoms. The number of anilines is 1. The average Bonchev–Trinajstić information content (AvgIpc) is 2.46. The quantitative estimate of drug-likeness (QED) is 0.810. The highest BCUT2D eigenvalue weighted by atomic mass is 16.1. The van der Waals surface area contributed by atoms with Crippen molar-refractivity contribution in [3.8, 4) is 0 Å². The highest BCUT2D eigenvalue weighted by Crippen LogP contribution is 2.13. The lowest BCUT2D eigenvalue weighted by molar-refractivity contribution is -0.121. The number of nitrogens with two attached hydrogens (primary N) is 1. The summed E-state index contributed by atoms with van der Waals surface area (Å²) < 4.78 is 0. The van der Waals surface area contributed by atoms with Crippen LogP contribution in [0.2, 0.25) is 0 Å². The number of rotatable bonds is 5. The van der Waals surface area contributed by atoms with Crippen LogP contribution >= 0.6 is 0 Å². The van der Waals surface area contributed by atoms with Gasteiger partial charge in [0.05, 0.1) is 0 Å². The molecular formula is C15H25N5O. The Morgan fingerprint density at radius 3 is 2.67 bits per heavy atom. The topological polar surface area (TPSA) is 74.5 Å². The number of pyridine rings is 1. The molecule has 0 saturated carbocycles. The number of hydrogen-bond acceptors (Lipinski definition) is 5. The van der Waals surface area contributed by atoms with Crippen LogP contribution in [0.15, 0.2) is 18.3 Å². The SMILES string of the molecule is CC(N)CC(=O)NCc1ccc(N2CCN(C)CC2)nc1. The first-order valence-corrected chi connectivity index (χ1v) is 7.45. The number of hydrogen-bond donors (Lipinski definition) is 2. The fraction of sp³-hybridized carbons (Fsp3) is 0.600. The van der Waals surface area contributed by atoms with Crippen molar-refractivity contribution in [1.29, 1.82) is 0 Å². The lowest BCUT2D eigenvalue weighted by Gasteiger charge is -2.33. The van der Waals surface area contributed by atoms with Gasteiger partial charge in [0.1, 0.15) is 5.82 Å². The van der Waals surface area contributed by atoms with E-state index < -0.39 is 0 Å². The molecule has 1 saturated heterocycles. The fourth-order valence-corrected chi connectivity index (χ4v) is 2.31. The minimum atomic E-state index is -0.109. The number of likely N-dealkylation sites (N-methyl/N-ethyl adjacent to an activating group) is 1. The Morgan fingerprint density at radius 1 is 1.38 bits per heavy atom. The van der Waals surface area contributed by atoms with E-state index in [1.54, 1.807) is 0 Å². The zero-order valence-electron chi connectivity index (χ0n) is 12.9. The van der Waals surface area contributed by atoms with Crippen molar-refractivity contribution < 1.29 is 4.79 Å². The Balaban J connectivity index is 1.83. The molecule has 2 heterocycles. The summed E-state index contributed by atoms with van der Waals surface area (Å²) in [7, 11) is 2.14. The number of nitrogens with zero attached hydrogens (tertiary/aromatic N) is 3. The van der Waals surface area contributed by atoms with Crippen molar-refractivity contribution in [3.05, 3.63) is 23.9 Å². The van der Waals surface area contributed by atoms with Crippen LogP contribution in [0.5, 0.6) is 0 Å². The van der Waals surface area contributed by atoms with Crippen molar-refractivity contribution in [2.24, 2.45) is 5.73 Å². The van der Waals surface area contributed by atoms with Gasteiger partial charge < -0.3 is 20.9 Å². The molecule has 0 radical (unpaired) electrons. The molecule has 0 spiro atoms. The Morgan fingerprint density at radius 2 is 2.10 bits per heavy atom. The molecule has 1 fully saturated rings. The molecule has 1 unspecified atom stereocenters. The van der Waals surface area contributed by atoms with Gasteiger partial charge >= 0.3 is 0 Å². The van der Waals surface area contributed by atoms with Crippen LogP contribution in [0.1, 0.15) is 18.9 Å². The fourth-order valence-electron chi connectivity index (χ4n) is 2.31. The number of carbonyl (C=O) groups excluding carboxylic acids is 1. The molecule has 1 aliphatic heterocycles. The van der Waals surface area contributed by atoms with Crippen LogP contribution in [0.3, 0.4) is 0 Å². The number of aromatic nitrogens is 1. The van der Waals surface area contributed by atoms with Crippen LogP contribution in [0, 0.1) is 0 Å². The number of piperazine rings is 1. The molecule has 1 aromatic rings. The molecule has 1 aromatic heterocycles. The second kappa shape index (κ2) is 7.38. The molecule has 1 aliphatic rings. The number of carbonyl (C=O) groups is 1. The molecule has 116 valence electrons. The average molecular weight is 291 g/mol. The maximum Gasteiger partial charge on any atom is 0.221 e. The minimum Gasteiger partial charge on any atom is -0.354 e. The van der Waals surface area contributed by atoms with Gasteiger partial charge in [0, 0.05) is 51.4 Å². The van der Waals surface area contributed by atoms with Crippen molar-refractivity contribution in [2.45, 2.75) is 25.9 Å². The molecule has 2 rings (SSSR count). The molecule has 1 atom stereocenters. The van der Waals surface area contributed by atoms with Gasteiger partial charge in [-0.1, -0.05) is 6.07 Å². The number of nitrogens with one attached hydrogen (secondary N) is 1. The smallest absolute Gasteiger partial charge is 0.221 e. The van der Waals surface area contributed by atoms with Gasteiger partial charge in [-0.3, -0.25) is 4.79 Å². The molecule has 21 heavy (non-hydrogen) atoms. The lowest BCUT2D eigenvalue weighted by Crippen LogP contribution is -2.44. The van der Waals surface area contributed by atoms with E-state index in [0.717, 1.165) is 37.6 Å². The molecule has 0 aromatic carbocycles. The zero-order chi connectivity index (χ0) is 15.2. The van der Waals surface area contributed by atoms with Crippen molar-refractivity contribution >= 4 is 11.7 Å². The van der Waals surface area contributed by atoms with E-state index in [-0.39, 0.29) is 11.9 Å². The van der Waals surface area contributed by atoms with Crippen LogP contribution in [-0.2, 0) is 11.3 Å². The van der Waals surface area contributed by atoms with Crippen molar-refractivity contribution in [1.82, 2.24) is 15.2 Å². The molecular weight excluding hydrogens is 266 g/mol. The van der Waals surface area contributed by atoms with E-state index in [9.17, 15) is 4.79 Å². The van der Waals surface area contributed by atoms with Crippen molar-refractivity contribution in [3.63, 3.8) is 0 Å². The number of amides is 1. The first kappa shape index (κ1) is 15.7. The van der Waals surface area contributed by atoms with Gasteiger partial charge in [-0.25, -0.2) is 4.98 Å². The van der Waals surface area contributed by atoms with Crippen LogP contribution in [0.25, 0.3) is 0 Å². The van der Waals surface area contributed by atoms with Crippen molar-refractivity contribution in [2.75, 3.05) is 38.1 Å². The van der Waals surface area contributed by atoms with Gasteiger partial charge in [0.15, 0.2) is 0 Å². The first-order valence-electron chi connectivity index (χ1n) is 7.45. The summed E-state index contributed by atoms with van der Waals surface area (Å²) in [6.45, 7) is 6.48. The Labute approximate surface area is 126 Å². The lowest BCUT2D eigenvalue weighted by atomic mass is 10.2. The zero-order valence-corrected chi connectivity index (χ0v) is 12.9. The predicted octanol–water partition coefficient (Wildman–Crippen LogP) is 0.187. The largest absolute Gasteiger partial charge is 0.354 e. The normalized spacial score (nSPS) is 17.6. The third-order valence-corrected chi connectivity index (χ3v) is 3.63. The van der Waals surface area contributed by atoms with E-state index in [1.807, 2.05) is 25.3 Å². The van der Waals surface area contributed by atoms with Crippen LogP contribution in [-0.4, -0.2) is 55.1 Å². The summed E-state index contributed by atoms with van der Waals surface area (Å²) in [5.41, 5.74) is 6.60. The minimum absolute atomic E-state index is 0.0202. The summed E-state index contributed by atoms with van der Waals surface area (Å²) in [5, 5.41) is 2.86. The van der Waals surface area contributed by atoms with E-state index in [0.29, 0.717) is 13.0 Å². The predicted molar refractivity (Wildman–Crippen MR) is 84.1 cm³/mol. The Hall–Kier alpha value is -1.66. The van der Waals surface area contributed by atoms with E-state index in [1.165, 1.54) is 0 Å². The van der Waals surface area contributed by atoms with Gasteiger partial charge in [0.2, 0.25) is 5.91 Å². The first-order chi connectivity index (χ1) is 10.0. The molecule has 0 aliphatic carbocycles. The maximum atomic E-state index is 11.5. The Bertz CT molecular complexity index is 452. The summed E-state index contributed by atoms with van der Waals surface area (Å²) in [5.74, 6) is 0.988. The van der Waals surface area contributed by atoms with Gasteiger partial charge in [-0.2, -0.15) is 0 Å². The van der Waals surface area contributed by atoms with Gasteiger partial charge in [-0.05, 0) is 25.6 Å². The van der Waals surface area contributed by atoms with E-state index in [4.69, 9.17) is 5.73 Å². The molecule has 3 N–H and O–H groups in total. The highest BCUT2D eigenvalue weighted by Gasteiger charge is 2.14. The van der Waals surface area contributed by atoms with E-state index >= 15 is 0 Å². The highest BCUT2D eigenvalue weighted by molar-refractivity contribution is 5.76. The van der Waals surface area contributed by atoms with Crippen LogP contribution in [0.4, 0.5) is 5.82 Å². The third-order valence-electron chi connectivity index (χ3n) is 3.63. The van der Waals surface area contributed by atoms with Crippen LogP contribution < -0.4 is 16.0 Å². The molecule has 6 nitrogen and oxygen atoms in total. The molecule has 6 heteroatoms. The summed E-state index contributed by atoms with van der Waals surface area (Å²) in [6.07, 6.45) is 2.19. The molecule has 1 amide bonds. The summed E-state index contributed by atoms with van der Waals surface area (Å²) >= 11 is 0. The maximum absolute atomic E-state index is 11.5. The van der Waals surface area contributed by atoms with E-state index in [2.05, 4.69) is 27.1 Å². The third kappa shape index (κ3) is 4.99. The summed E-state index contributed by atoms with van der Waals surface area (Å²) in [6, 6.07) is 3.94. The Kier molecular flexibility index (Phi) is 5.52. The standard InChI is InChI=1S/C15H25N5O/c1-12(16)9-15(21)18-11-13-3-4-14(17-10-13)20-7-5-19(2)6-8-20/h3-4,10,12H,5-9,11,16H2,1-2H3,(H,18,21). The second-order valence-corrected chi connectivity index (χ2v) is 5.77. The van der Waals surface area contributed by atoms with Gasteiger partial charge in [0.25, 0.3) is 0 Å². The second-order valence-electron chi connectivity index (χ2n) is 5.77. The summed E-state index contributed by atoms with van der Waals surface area (Å²) in [4.78, 5) is 20.7. The van der Waals surface area contributed by atoms with Gasteiger partial charge in [-0.15, -0.1) is 0 Å².